The van der Waals surface area contributed by atoms with E-state index in [1.54, 1.807) is 28.3 Å². The summed E-state index contributed by atoms with van der Waals surface area (Å²) in [6, 6.07) is 12.7. The van der Waals surface area contributed by atoms with Gasteiger partial charge < -0.3 is 44.6 Å². The van der Waals surface area contributed by atoms with Crippen LogP contribution in [0.3, 0.4) is 0 Å². The number of benzene rings is 2. The number of H-pyrrole nitrogens is 2. The Morgan fingerprint density at radius 1 is 0.778 bits per heavy atom. The molecule has 23 heteroatoms. The third-order valence-electron chi connectivity index (χ3n) is 13.2. The van der Waals surface area contributed by atoms with Crippen molar-refractivity contribution < 1.29 is 42.2 Å². The summed E-state index contributed by atoms with van der Waals surface area (Å²) >= 11 is 1.44. The normalized spacial score (nSPS) is 17.6. The summed E-state index contributed by atoms with van der Waals surface area (Å²) in [4.78, 5) is 73.2. The highest BCUT2D eigenvalue weighted by atomic mass is 32.1. The smallest absolute Gasteiger partial charge is 0.407 e. The van der Waals surface area contributed by atoms with Crippen LogP contribution >= 0.6 is 65.3 Å². The minimum absolute atomic E-state index is 0. The van der Waals surface area contributed by atoms with Gasteiger partial charge in [-0.25, -0.2) is 23.9 Å². The van der Waals surface area contributed by atoms with E-state index in [1.165, 1.54) is 31.6 Å². The number of alkyl carbamates (subject to hydrolysis) is 2. The van der Waals surface area contributed by atoms with Gasteiger partial charge in [0.2, 0.25) is 18.0 Å². The first-order valence-electron chi connectivity index (χ1n) is 23.0. The Hall–Kier alpha value is -5.36. The summed E-state index contributed by atoms with van der Waals surface area (Å²) < 4.78 is 48.7. The maximum atomic E-state index is 16.9. The molecule has 72 heavy (non-hydrogen) atoms. The van der Waals surface area contributed by atoms with E-state index < -0.39 is 43.0 Å². The molecule has 390 valence electrons. The Balaban J connectivity index is 0.00000241. The molecular weight excluding hydrogens is 1020 g/mol. The minimum Gasteiger partial charge on any atom is -0.464 e. The molecule has 0 bridgehead atoms. The average molecular weight is 1090 g/mol. The van der Waals surface area contributed by atoms with Crippen LogP contribution in [0.5, 0.6) is 5.75 Å². The van der Waals surface area contributed by atoms with Gasteiger partial charge in [-0.2, -0.15) is 54.0 Å². The predicted molar refractivity (Wildman–Crippen MR) is 292 cm³/mol. The molecule has 7 heterocycles. The van der Waals surface area contributed by atoms with Gasteiger partial charge in [-0.3, -0.25) is 18.5 Å². The first kappa shape index (κ1) is 57.5. The molecule has 4 aromatic heterocycles. The maximum Gasteiger partial charge on any atom is 0.407 e. The van der Waals surface area contributed by atoms with Crippen LogP contribution in [0.4, 0.5) is 18.4 Å². The van der Waals surface area contributed by atoms with Crippen LogP contribution in [-0.2, 0) is 25.5 Å². The number of carbonyl (C=O) groups excluding carboxylic acids is 4. The molecule has 16 nitrogen and oxygen atoms in total. The quantitative estimate of drug-likeness (QED) is 0.0874. The number of halogens is 2. The number of aromatic nitrogens is 5. The van der Waals surface area contributed by atoms with Crippen molar-refractivity contribution in [3.05, 3.63) is 88.1 Å². The van der Waals surface area contributed by atoms with Gasteiger partial charge in [0.15, 0.2) is 0 Å². The Morgan fingerprint density at radius 3 is 1.86 bits per heavy atom. The second-order valence-corrected chi connectivity index (χ2v) is 19.4. The molecule has 1 unspecified atom stereocenters. The van der Waals surface area contributed by atoms with Crippen molar-refractivity contribution in [1.82, 2.24) is 44.9 Å². The van der Waals surface area contributed by atoms with Gasteiger partial charge in [0.25, 0.3) is 0 Å². The van der Waals surface area contributed by atoms with Gasteiger partial charge in [0.05, 0.1) is 78.4 Å². The van der Waals surface area contributed by atoms with Crippen molar-refractivity contribution in [1.29, 1.82) is 0 Å². The number of aromatic amines is 2. The third-order valence-corrected chi connectivity index (χ3v) is 14.4. The Bertz CT molecular complexity index is 2890. The van der Waals surface area contributed by atoms with Gasteiger partial charge in [-0.1, -0.05) is 33.8 Å². The third kappa shape index (κ3) is 11.1. The van der Waals surface area contributed by atoms with Crippen LogP contribution in [0, 0.1) is 17.7 Å². The fourth-order valence-corrected chi connectivity index (χ4v) is 10.7. The molecule has 0 saturated carbocycles. The first-order valence-corrected chi connectivity index (χ1v) is 23.8. The fraction of sp³-hybridized carbons (Fsp3) is 0.429. The van der Waals surface area contributed by atoms with Crippen LogP contribution in [0.15, 0.2) is 60.9 Å². The van der Waals surface area contributed by atoms with Crippen LogP contribution in [0.1, 0.15) is 93.1 Å². The largest absolute Gasteiger partial charge is 0.464 e. The number of hydrogen-bond acceptors (Lipinski definition) is 10. The number of carbonyl (C=O) groups is 4. The highest BCUT2D eigenvalue weighted by Gasteiger charge is 2.40. The summed E-state index contributed by atoms with van der Waals surface area (Å²) in [5.74, 6) is 0.198. The standard InChI is InChI=1S/C49H55F2N9O7S.4H2S/c1-25(2)41(56-48(63)65-5)45(61)58-17-7-9-35(58)43-52-23-32(54-43)27-11-13-34-29(19-27)21-37-40-31(51)20-28(22-38(40)67-47(60(34)37)39-14-12-30(68-39)15-16-50)33-24-53-44(55-33)36-10-8-18-59(36)46(62)42(26(3)4)57-49(64)66-6;;;;/h11-14,19-26,35-36,41-42,47H,7-10,15-18H2,1-6H3,(H,52,54)(H,53,55)(H,56,63)(H,57,64);4*1H2/t35-,36-,41-,42-,47?;;;;/m0..../s1. The molecule has 0 aliphatic carbocycles. The topological polar surface area (TPSA) is 189 Å². The summed E-state index contributed by atoms with van der Waals surface area (Å²) in [6.07, 6.45) is 4.46. The van der Waals surface area contributed by atoms with E-state index in [4.69, 9.17) is 19.2 Å². The summed E-state index contributed by atoms with van der Waals surface area (Å²) in [5, 5.41) is 6.18. The van der Waals surface area contributed by atoms with Crippen LogP contribution < -0.4 is 15.4 Å². The predicted octanol–water partition coefficient (Wildman–Crippen LogP) is 9.28. The van der Waals surface area contributed by atoms with E-state index in [0.29, 0.717) is 60.3 Å². The molecule has 5 atom stereocenters. The Morgan fingerprint density at radius 2 is 1.33 bits per heavy atom. The monoisotopic (exact) mass is 1090 g/mol. The molecule has 0 spiro atoms. The van der Waals surface area contributed by atoms with Crippen LogP contribution in [0.25, 0.3) is 44.7 Å². The minimum atomic E-state index is -0.788. The number of ether oxygens (including phenoxy) is 3. The number of nitrogens with one attached hydrogen (secondary N) is 4. The number of hydrogen-bond donors (Lipinski definition) is 4. The van der Waals surface area contributed by atoms with Gasteiger partial charge in [-0.05, 0) is 80.0 Å². The number of thiophene rings is 1. The second-order valence-electron chi connectivity index (χ2n) is 18.2. The molecule has 9 rings (SSSR count). The number of methoxy groups -OCH3 is 2. The van der Waals surface area contributed by atoms with Gasteiger partial charge in [0.1, 0.15) is 35.3 Å². The lowest BCUT2D eigenvalue weighted by Crippen LogP contribution is -2.51. The van der Waals surface area contributed by atoms with E-state index in [9.17, 15) is 23.6 Å². The van der Waals surface area contributed by atoms with E-state index >= 15 is 4.39 Å². The van der Waals surface area contributed by atoms with Gasteiger partial charge in [0, 0.05) is 40.9 Å². The van der Waals surface area contributed by atoms with E-state index in [-0.39, 0.29) is 102 Å². The molecule has 3 aliphatic heterocycles. The van der Waals surface area contributed by atoms with Crippen LogP contribution in [-0.4, -0.2) is 104 Å². The Kier molecular flexibility index (Phi) is 19.3. The molecule has 4 N–H and O–H groups in total. The first-order chi connectivity index (χ1) is 32.8. The number of aryl methyl sites for hydroxylation is 1. The number of likely N-dealkylation sites (tertiary alicyclic amines) is 2. The highest BCUT2D eigenvalue weighted by Crippen LogP contribution is 2.48. The summed E-state index contributed by atoms with van der Waals surface area (Å²) in [6.45, 7) is 7.98. The van der Waals surface area contributed by atoms with E-state index in [2.05, 4.69) is 25.6 Å². The number of alkyl halides is 1. The van der Waals surface area contributed by atoms with E-state index in [0.717, 1.165) is 44.8 Å². The van der Waals surface area contributed by atoms with Crippen molar-refractivity contribution in [2.75, 3.05) is 34.0 Å². The van der Waals surface area contributed by atoms with E-state index in [1.807, 2.05) is 68.7 Å². The number of nitrogens with zero attached hydrogens (tertiary/aromatic N) is 5. The molecule has 0 radical (unpaired) electrons. The average Bonchev–Trinajstić information content (AvgIpc) is 4.19. The number of imidazole rings is 2. The molecular formula is C49H63F2N9O7S5. The van der Waals surface area contributed by atoms with Crippen molar-refractivity contribution in [2.24, 2.45) is 11.8 Å². The van der Waals surface area contributed by atoms with Crippen molar-refractivity contribution in [2.45, 2.75) is 90.2 Å². The summed E-state index contributed by atoms with van der Waals surface area (Å²) in [7, 11) is 2.52. The molecule has 6 aromatic rings. The molecule has 2 aromatic carbocycles. The molecule has 3 aliphatic rings. The van der Waals surface area contributed by atoms with Crippen molar-refractivity contribution in [3.8, 4) is 39.5 Å². The van der Waals surface area contributed by atoms with Gasteiger partial charge >= 0.3 is 12.2 Å². The highest BCUT2D eigenvalue weighted by molar-refractivity contribution is 7.59. The zero-order valence-corrected chi connectivity index (χ0v) is 45.5. The van der Waals surface area contributed by atoms with Crippen molar-refractivity contribution in [3.63, 3.8) is 0 Å². The molecule has 2 fully saturated rings. The number of amides is 4. The molecule has 4 amide bonds. The van der Waals surface area contributed by atoms with Crippen molar-refractivity contribution >= 4 is 100 Å². The second kappa shape index (κ2) is 24.1. The number of fused-ring (bicyclic) bond motifs is 5. The number of rotatable bonds is 13. The SMILES string of the molecule is COC(=O)N[C@H](C(=O)N1CCC[C@H]1c1ncc(-c2cc(F)c3c(c2)OC(c2ccc(CCF)s2)n2c-3cc3cc(-c4cnc([C@@H]5CCCN5C(=O)[C@@H](NC(=O)OC)C(C)C)[nH]4)ccc32)[nH]1)C(C)C.S.S.S.S. The lowest BCUT2D eigenvalue weighted by molar-refractivity contribution is -0.136. The van der Waals surface area contributed by atoms with Crippen LogP contribution in [0.2, 0.25) is 0 Å². The Labute approximate surface area is 448 Å². The zero-order chi connectivity index (χ0) is 48.0. The fourth-order valence-electron chi connectivity index (χ4n) is 9.73. The lowest BCUT2D eigenvalue weighted by atomic mass is 10.0. The van der Waals surface area contributed by atoms with Gasteiger partial charge in [-0.15, -0.1) is 11.3 Å². The lowest BCUT2D eigenvalue weighted by Gasteiger charge is -2.30. The zero-order valence-electron chi connectivity index (χ0n) is 40.7. The maximum absolute atomic E-state index is 16.9. The summed E-state index contributed by atoms with van der Waals surface area (Å²) in [5.41, 5.74) is 4.27. The molecule has 2 saturated heterocycles.